The van der Waals surface area contributed by atoms with Crippen LogP contribution in [0.3, 0.4) is 0 Å². The van der Waals surface area contributed by atoms with Crippen LogP contribution in [0.5, 0.6) is 0 Å². The molecule has 2 amide bonds. The van der Waals surface area contributed by atoms with Crippen LogP contribution in [0.15, 0.2) is 24.3 Å². The molecule has 5 nitrogen and oxygen atoms in total. The lowest BCUT2D eigenvalue weighted by molar-refractivity contribution is -0.134. The maximum absolute atomic E-state index is 12.3. The summed E-state index contributed by atoms with van der Waals surface area (Å²) >= 11 is 0. The van der Waals surface area contributed by atoms with Gasteiger partial charge in [-0.3, -0.25) is 19.3 Å². The van der Waals surface area contributed by atoms with E-state index < -0.39 is 0 Å². The average molecular weight is 273 g/mol. The van der Waals surface area contributed by atoms with E-state index in [1.165, 1.54) is 0 Å². The highest BCUT2D eigenvalue weighted by atomic mass is 16.5. The Balaban J connectivity index is 1.78. The summed E-state index contributed by atoms with van der Waals surface area (Å²) in [5.41, 5.74) is 1.25. The molecule has 1 atom stereocenters. The molecule has 0 aromatic heterocycles. The minimum absolute atomic E-state index is 0.0939. The Morgan fingerprint density at radius 1 is 1.30 bits per heavy atom. The molecule has 0 aliphatic carbocycles. The molecule has 2 aliphatic heterocycles. The molecule has 1 fully saturated rings. The fraction of sp³-hybridized carbons (Fsp3) is 0.400. The summed E-state index contributed by atoms with van der Waals surface area (Å²) in [6.07, 6.45) is 0.849. The summed E-state index contributed by atoms with van der Waals surface area (Å²) in [5, 5.41) is 0. The van der Waals surface area contributed by atoms with E-state index in [1.54, 1.807) is 24.3 Å². The number of fused-ring (bicyclic) bond motifs is 1. The smallest absolute Gasteiger partial charge is 0.261 e. The van der Waals surface area contributed by atoms with Crippen molar-refractivity contribution in [1.82, 2.24) is 4.90 Å². The summed E-state index contributed by atoms with van der Waals surface area (Å²) in [5.74, 6) is -0.957. The first-order valence-corrected chi connectivity index (χ1v) is 6.70. The van der Waals surface area contributed by atoms with E-state index in [9.17, 15) is 14.4 Å². The Bertz CT molecular complexity index is 575. The normalized spacial score (nSPS) is 22.0. The predicted molar refractivity (Wildman–Crippen MR) is 70.1 cm³/mol. The van der Waals surface area contributed by atoms with E-state index >= 15 is 0 Å². The van der Waals surface area contributed by atoms with Gasteiger partial charge in [0.25, 0.3) is 5.91 Å². The standard InChI is InChI=1S/C15H15NO4/c17-13(11-5-6-20-9-11)8-16-14(18)7-10-3-1-2-4-12(10)15(16)19/h1-4,11H,5-9H2. The molecule has 3 rings (SSSR count). The zero-order chi connectivity index (χ0) is 14.1. The van der Waals surface area contributed by atoms with E-state index in [1.807, 2.05) is 0 Å². The zero-order valence-corrected chi connectivity index (χ0v) is 11.0. The van der Waals surface area contributed by atoms with Gasteiger partial charge in [-0.25, -0.2) is 0 Å². The second-order valence-corrected chi connectivity index (χ2v) is 5.15. The first-order valence-electron chi connectivity index (χ1n) is 6.70. The van der Waals surface area contributed by atoms with Crippen molar-refractivity contribution < 1.29 is 19.1 Å². The van der Waals surface area contributed by atoms with Crippen molar-refractivity contribution in [2.75, 3.05) is 19.8 Å². The molecule has 1 unspecified atom stereocenters. The van der Waals surface area contributed by atoms with E-state index in [-0.39, 0.29) is 36.5 Å². The maximum atomic E-state index is 12.3. The number of benzene rings is 1. The highest BCUT2D eigenvalue weighted by Crippen LogP contribution is 2.21. The molecule has 0 bridgehead atoms. The lowest BCUT2D eigenvalue weighted by Gasteiger charge is -2.26. The Morgan fingerprint density at radius 3 is 2.85 bits per heavy atom. The number of ketones is 1. The van der Waals surface area contributed by atoms with Crippen LogP contribution < -0.4 is 0 Å². The number of hydrogen-bond donors (Lipinski definition) is 0. The lowest BCUT2D eigenvalue weighted by atomic mass is 9.97. The van der Waals surface area contributed by atoms with Gasteiger partial charge in [0.1, 0.15) is 0 Å². The molecule has 2 aliphatic rings. The number of amides is 2. The highest BCUT2D eigenvalue weighted by molar-refractivity contribution is 6.11. The molecule has 20 heavy (non-hydrogen) atoms. The number of Topliss-reactive ketones (excluding diaryl/α,β-unsaturated/α-hetero) is 1. The van der Waals surface area contributed by atoms with Gasteiger partial charge in [0.2, 0.25) is 5.91 Å². The fourth-order valence-corrected chi connectivity index (χ4v) is 2.63. The van der Waals surface area contributed by atoms with E-state index in [4.69, 9.17) is 4.74 Å². The van der Waals surface area contributed by atoms with E-state index in [2.05, 4.69) is 0 Å². The summed E-state index contributed by atoms with van der Waals surface area (Å²) in [4.78, 5) is 37.5. The average Bonchev–Trinajstić information content (AvgIpc) is 2.97. The van der Waals surface area contributed by atoms with Gasteiger partial charge in [0.05, 0.1) is 19.6 Å². The summed E-state index contributed by atoms with van der Waals surface area (Å²) < 4.78 is 5.17. The summed E-state index contributed by atoms with van der Waals surface area (Å²) in [7, 11) is 0. The fourth-order valence-electron chi connectivity index (χ4n) is 2.63. The third kappa shape index (κ3) is 2.25. The minimum Gasteiger partial charge on any atom is -0.381 e. The molecular formula is C15H15NO4. The maximum Gasteiger partial charge on any atom is 0.261 e. The summed E-state index contributed by atoms with van der Waals surface area (Å²) in [6, 6.07) is 7.03. The van der Waals surface area contributed by atoms with Gasteiger partial charge < -0.3 is 4.74 Å². The van der Waals surface area contributed by atoms with Crippen molar-refractivity contribution in [3.63, 3.8) is 0 Å². The SMILES string of the molecule is O=C(CN1C(=O)Cc2ccccc2C1=O)C1CCOC1. The second-order valence-electron chi connectivity index (χ2n) is 5.15. The number of hydrogen-bond acceptors (Lipinski definition) is 4. The van der Waals surface area contributed by atoms with Crippen LogP contribution in [0.25, 0.3) is 0 Å². The molecular weight excluding hydrogens is 258 g/mol. The van der Waals surface area contributed by atoms with Crippen molar-refractivity contribution in [3.8, 4) is 0 Å². The number of imide groups is 1. The molecule has 1 aromatic carbocycles. The molecule has 0 radical (unpaired) electrons. The van der Waals surface area contributed by atoms with Gasteiger partial charge >= 0.3 is 0 Å². The molecule has 0 saturated carbocycles. The molecule has 1 saturated heterocycles. The topological polar surface area (TPSA) is 63.7 Å². The van der Waals surface area contributed by atoms with Crippen LogP contribution in [0.2, 0.25) is 0 Å². The Kier molecular flexibility index (Phi) is 3.36. The highest BCUT2D eigenvalue weighted by Gasteiger charge is 2.34. The van der Waals surface area contributed by atoms with Crippen LogP contribution in [-0.2, 0) is 20.7 Å². The number of ether oxygens (including phenoxy) is 1. The molecule has 5 heteroatoms. The first-order chi connectivity index (χ1) is 9.66. The molecule has 0 N–H and O–H groups in total. The van der Waals surface area contributed by atoms with Gasteiger partial charge in [-0.2, -0.15) is 0 Å². The van der Waals surface area contributed by atoms with Crippen molar-refractivity contribution >= 4 is 17.6 Å². The Morgan fingerprint density at radius 2 is 2.10 bits per heavy atom. The van der Waals surface area contributed by atoms with Crippen molar-refractivity contribution in [1.29, 1.82) is 0 Å². The van der Waals surface area contributed by atoms with Crippen LogP contribution in [0, 0.1) is 5.92 Å². The number of carbonyl (C=O) groups is 3. The quantitative estimate of drug-likeness (QED) is 0.765. The predicted octanol–water partition coefficient (Wildman–Crippen LogP) is 0.817. The van der Waals surface area contributed by atoms with Crippen LogP contribution in [0.1, 0.15) is 22.3 Å². The van der Waals surface area contributed by atoms with Crippen LogP contribution in [-0.4, -0.2) is 42.3 Å². The zero-order valence-electron chi connectivity index (χ0n) is 11.0. The van der Waals surface area contributed by atoms with Gasteiger partial charge in [0.15, 0.2) is 5.78 Å². The number of rotatable bonds is 3. The monoisotopic (exact) mass is 273 g/mol. The largest absolute Gasteiger partial charge is 0.381 e. The van der Waals surface area contributed by atoms with E-state index in [0.29, 0.717) is 25.2 Å². The molecule has 104 valence electrons. The first kappa shape index (κ1) is 13.0. The van der Waals surface area contributed by atoms with Crippen LogP contribution >= 0.6 is 0 Å². The molecule has 1 aromatic rings. The van der Waals surface area contributed by atoms with Gasteiger partial charge in [0, 0.05) is 18.1 Å². The van der Waals surface area contributed by atoms with Crippen molar-refractivity contribution in [3.05, 3.63) is 35.4 Å². The van der Waals surface area contributed by atoms with Crippen LogP contribution in [0.4, 0.5) is 0 Å². The Hall–Kier alpha value is -2.01. The third-order valence-corrected chi connectivity index (χ3v) is 3.83. The number of nitrogens with zero attached hydrogens (tertiary/aromatic N) is 1. The summed E-state index contributed by atoms with van der Waals surface area (Å²) in [6.45, 7) is 0.826. The number of carbonyl (C=O) groups excluding carboxylic acids is 3. The molecule has 2 heterocycles. The van der Waals surface area contributed by atoms with Gasteiger partial charge in [-0.1, -0.05) is 18.2 Å². The second kappa shape index (κ2) is 5.17. The van der Waals surface area contributed by atoms with Crippen molar-refractivity contribution in [2.45, 2.75) is 12.8 Å². The minimum atomic E-state index is -0.371. The lowest BCUT2D eigenvalue weighted by Crippen LogP contribution is -2.46. The molecule has 0 spiro atoms. The van der Waals surface area contributed by atoms with Gasteiger partial charge in [-0.05, 0) is 18.1 Å². The van der Waals surface area contributed by atoms with Crippen molar-refractivity contribution in [2.24, 2.45) is 5.92 Å². The van der Waals surface area contributed by atoms with E-state index in [0.717, 1.165) is 10.5 Å². The Labute approximate surface area is 116 Å². The van der Waals surface area contributed by atoms with Gasteiger partial charge in [-0.15, -0.1) is 0 Å². The third-order valence-electron chi connectivity index (χ3n) is 3.83.